The number of rotatable bonds is 3. The molecule has 0 bridgehead atoms. The molecule has 5 heteroatoms. The van der Waals surface area contributed by atoms with E-state index >= 15 is 0 Å². The first-order valence-corrected chi connectivity index (χ1v) is 6.81. The molecule has 3 N–H and O–H groups in total. The van der Waals surface area contributed by atoms with Crippen LogP contribution in [-0.4, -0.2) is 9.97 Å². The molecule has 0 radical (unpaired) electrons. The molecule has 3 rings (SSSR count). The zero-order valence-electron chi connectivity index (χ0n) is 11.1. The van der Waals surface area contributed by atoms with E-state index in [1.54, 1.807) is 6.07 Å². The van der Waals surface area contributed by atoms with Crippen molar-refractivity contribution in [1.29, 1.82) is 0 Å². The fourth-order valence-electron chi connectivity index (χ4n) is 1.96. The third-order valence-electron chi connectivity index (χ3n) is 2.87. The number of anilines is 3. The van der Waals surface area contributed by atoms with Crippen LogP contribution in [0.15, 0.2) is 60.7 Å². The second-order valence-corrected chi connectivity index (χ2v) is 4.94. The van der Waals surface area contributed by atoms with Gasteiger partial charge in [0.1, 0.15) is 11.6 Å². The fraction of sp³-hybridized carbons (Fsp3) is 0. The summed E-state index contributed by atoms with van der Waals surface area (Å²) in [5.74, 6) is 1.62. The van der Waals surface area contributed by atoms with E-state index in [1.165, 1.54) is 0 Å². The lowest BCUT2D eigenvalue weighted by atomic mass is 10.2. The molecule has 4 nitrogen and oxygen atoms in total. The van der Waals surface area contributed by atoms with Gasteiger partial charge in [0.25, 0.3) is 0 Å². The maximum atomic E-state index is 5.97. The van der Waals surface area contributed by atoms with Crippen LogP contribution in [0.3, 0.4) is 0 Å². The summed E-state index contributed by atoms with van der Waals surface area (Å²) in [4.78, 5) is 8.75. The Bertz CT molecular complexity index is 759. The lowest BCUT2D eigenvalue weighted by Gasteiger charge is -2.08. The zero-order valence-corrected chi connectivity index (χ0v) is 11.9. The van der Waals surface area contributed by atoms with E-state index in [4.69, 9.17) is 17.3 Å². The average molecular weight is 297 g/mol. The Morgan fingerprint density at radius 3 is 2.48 bits per heavy atom. The Hall–Kier alpha value is -2.59. The average Bonchev–Trinajstić information content (AvgIpc) is 2.47. The SMILES string of the molecule is Nc1cc(Nc2cccc(Cl)c2)nc(-c2ccccc2)n1. The van der Waals surface area contributed by atoms with Gasteiger partial charge in [0.2, 0.25) is 0 Å². The minimum absolute atomic E-state index is 0.411. The third-order valence-corrected chi connectivity index (χ3v) is 3.11. The van der Waals surface area contributed by atoms with Crippen molar-refractivity contribution in [2.75, 3.05) is 11.1 Å². The smallest absolute Gasteiger partial charge is 0.163 e. The molecule has 0 spiro atoms. The number of benzene rings is 2. The second kappa shape index (κ2) is 5.81. The maximum absolute atomic E-state index is 5.97. The summed E-state index contributed by atoms with van der Waals surface area (Å²) in [5, 5.41) is 3.84. The zero-order chi connectivity index (χ0) is 14.7. The van der Waals surface area contributed by atoms with Crippen molar-refractivity contribution in [3.05, 3.63) is 65.7 Å². The van der Waals surface area contributed by atoms with E-state index in [0.29, 0.717) is 22.5 Å². The van der Waals surface area contributed by atoms with E-state index in [9.17, 15) is 0 Å². The normalized spacial score (nSPS) is 10.3. The first kappa shape index (κ1) is 13.4. The van der Waals surface area contributed by atoms with Gasteiger partial charge in [-0.05, 0) is 18.2 Å². The predicted molar refractivity (Wildman–Crippen MR) is 86.6 cm³/mol. The van der Waals surface area contributed by atoms with Crippen LogP contribution in [0.2, 0.25) is 5.02 Å². The van der Waals surface area contributed by atoms with Gasteiger partial charge in [-0.15, -0.1) is 0 Å². The first-order valence-electron chi connectivity index (χ1n) is 6.43. The van der Waals surface area contributed by atoms with Gasteiger partial charge in [-0.1, -0.05) is 48.0 Å². The minimum atomic E-state index is 0.411. The Morgan fingerprint density at radius 1 is 0.905 bits per heavy atom. The molecule has 3 aromatic rings. The van der Waals surface area contributed by atoms with E-state index in [1.807, 2.05) is 54.6 Å². The van der Waals surface area contributed by atoms with Crippen molar-refractivity contribution in [2.45, 2.75) is 0 Å². The molecule has 0 atom stereocenters. The lowest BCUT2D eigenvalue weighted by Crippen LogP contribution is -2.00. The molecular formula is C16H13ClN4. The van der Waals surface area contributed by atoms with Crippen molar-refractivity contribution in [2.24, 2.45) is 0 Å². The number of halogens is 1. The molecule has 1 heterocycles. The van der Waals surface area contributed by atoms with Crippen LogP contribution in [0, 0.1) is 0 Å². The van der Waals surface area contributed by atoms with Crippen LogP contribution in [0.5, 0.6) is 0 Å². The number of nitrogens with one attached hydrogen (secondary N) is 1. The van der Waals surface area contributed by atoms with Gasteiger partial charge in [0.15, 0.2) is 5.82 Å². The summed E-state index contributed by atoms with van der Waals surface area (Å²) < 4.78 is 0. The lowest BCUT2D eigenvalue weighted by molar-refractivity contribution is 1.18. The van der Waals surface area contributed by atoms with Crippen LogP contribution in [0.25, 0.3) is 11.4 Å². The highest BCUT2D eigenvalue weighted by Crippen LogP contribution is 2.22. The first-order chi connectivity index (χ1) is 10.2. The molecule has 0 aliphatic rings. The highest BCUT2D eigenvalue weighted by Gasteiger charge is 2.05. The number of aromatic nitrogens is 2. The third kappa shape index (κ3) is 3.30. The largest absolute Gasteiger partial charge is 0.384 e. The molecule has 21 heavy (non-hydrogen) atoms. The predicted octanol–water partition coefficient (Wildman–Crippen LogP) is 4.12. The summed E-state index contributed by atoms with van der Waals surface area (Å²) in [6.45, 7) is 0. The highest BCUT2D eigenvalue weighted by molar-refractivity contribution is 6.30. The van der Waals surface area contributed by atoms with Crippen molar-refractivity contribution < 1.29 is 0 Å². The molecule has 0 aliphatic carbocycles. The van der Waals surface area contributed by atoms with Crippen molar-refractivity contribution in [1.82, 2.24) is 9.97 Å². The number of hydrogen-bond donors (Lipinski definition) is 2. The van der Waals surface area contributed by atoms with Gasteiger partial charge in [-0.2, -0.15) is 0 Å². The summed E-state index contributed by atoms with van der Waals surface area (Å²) in [6, 6.07) is 18.8. The fourth-order valence-corrected chi connectivity index (χ4v) is 2.15. The van der Waals surface area contributed by atoms with E-state index in [-0.39, 0.29) is 0 Å². The number of hydrogen-bond acceptors (Lipinski definition) is 4. The van der Waals surface area contributed by atoms with E-state index < -0.39 is 0 Å². The maximum Gasteiger partial charge on any atom is 0.163 e. The molecule has 2 aromatic carbocycles. The summed E-state index contributed by atoms with van der Waals surface area (Å²) >= 11 is 5.97. The van der Waals surface area contributed by atoms with Crippen LogP contribution >= 0.6 is 11.6 Å². The number of nitrogen functional groups attached to an aromatic ring is 1. The quantitative estimate of drug-likeness (QED) is 0.763. The van der Waals surface area contributed by atoms with Crippen molar-refractivity contribution >= 4 is 28.9 Å². The number of nitrogens with two attached hydrogens (primary N) is 1. The molecule has 0 unspecified atom stereocenters. The second-order valence-electron chi connectivity index (χ2n) is 4.50. The van der Waals surface area contributed by atoms with Gasteiger partial charge >= 0.3 is 0 Å². The Balaban J connectivity index is 1.95. The Labute approximate surface area is 127 Å². The molecule has 0 fully saturated rings. The van der Waals surface area contributed by atoms with Gasteiger partial charge in [-0.25, -0.2) is 9.97 Å². The summed E-state index contributed by atoms with van der Waals surface area (Å²) in [6.07, 6.45) is 0. The summed E-state index contributed by atoms with van der Waals surface area (Å²) in [7, 11) is 0. The van der Waals surface area contributed by atoms with Crippen molar-refractivity contribution in [3.8, 4) is 11.4 Å². The van der Waals surface area contributed by atoms with Crippen LogP contribution in [0.1, 0.15) is 0 Å². The van der Waals surface area contributed by atoms with Gasteiger partial charge in [-0.3, -0.25) is 0 Å². The van der Waals surface area contributed by atoms with E-state index in [0.717, 1.165) is 11.3 Å². The van der Waals surface area contributed by atoms with Crippen LogP contribution < -0.4 is 11.1 Å². The monoisotopic (exact) mass is 296 g/mol. The molecule has 0 aliphatic heterocycles. The Morgan fingerprint density at radius 2 is 1.71 bits per heavy atom. The molecule has 0 saturated heterocycles. The van der Waals surface area contributed by atoms with Crippen molar-refractivity contribution in [3.63, 3.8) is 0 Å². The molecular weight excluding hydrogens is 284 g/mol. The van der Waals surface area contributed by atoms with E-state index in [2.05, 4.69) is 15.3 Å². The minimum Gasteiger partial charge on any atom is -0.384 e. The molecule has 0 amide bonds. The molecule has 104 valence electrons. The topological polar surface area (TPSA) is 63.8 Å². The highest BCUT2D eigenvalue weighted by atomic mass is 35.5. The molecule has 1 aromatic heterocycles. The van der Waals surface area contributed by atoms with Gasteiger partial charge in [0.05, 0.1) is 0 Å². The van der Waals surface area contributed by atoms with Crippen LogP contribution in [-0.2, 0) is 0 Å². The standard InChI is InChI=1S/C16H13ClN4/c17-12-7-4-8-13(9-12)19-15-10-14(18)20-16(21-15)11-5-2-1-3-6-11/h1-10H,(H3,18,19,20,21). The van der Waals surface area contributed by atoms with Gasteiger partial charge in [0, 0.05) is 22.3 Å². The Kier molecular flexibility index (Phi) is 3.71. The molecule has 0 saturated carbocycles. The number of nitrogens with zero attached hydrogens (tertiary/aromatic N) is 2. The van der Waals surface area contributed by atoms with Crippen LogP contribution in [0.4, 0.5) is 17.3 Å². The summed E-state index contributed by atoms with van der Waals surface area (Å²) in [5.41, 5.74) is 7.63. The van der Waals surface area contributed by atoms with Gasteiger partial charge < -0.3 is 11.1 Å².